The van der Waals surface area contributed by atoms with Gasteiger partial charge in [0.2, 0.25) is 0 Å². The molecule has 118 valence electrons. The Morgan fingerprint density at radius 3 is 2.43 bits per heavy atom. The van der Waals surface area contributed by atoms with Crippen molar-refractivity contribution in [2.45, 2.75) is 4.90 Å². The van der Waals surface area contributed by atoms with Gasteiger partial charge in [0, 0.05) is 27.9 Å². The average Bonchev–Trinajstić information content (AvgIpc) is 2.57. The molecule has 0 aliphatic carbocycles. The number of thioether (sulfide) groups is 1. The standard InChI is InChI=1S/C18H15FO3S/c1-21-14-6-11(7-15(9-14)22-2)5-12-10-23-17-4-3-13(19)8-16(17)18(12)20/h3-9H,10H2,1-2H3/b12-5+. The highest BCUT2D eigenvalue weighted by Crippen LogP contribution is 2.34. The van der Waals surface area contributed by atoms with Gasteiger partial charge in [0.05, 0.1) is 14.2 Å². The number of carbonyl (C=O) groups is 1. The first kappa shape index (κ1) is 15.6. The fourth-order valence-corrected chi connectivity index (χ4v) is 3.42. The SMILES string of the molecule is COc1cc(/C=C2\CSc3ccc(F)cc3C2=O)cc(OC)c1. The van der Waals surface area contributed by atoms with Crippen molar-refractivity contribution in [1.29, 1.82) is 0 Å². The highest BCUT2D eigenvalue weighted by atomic mass is 32.2. The van der Waals surface area contributed by atoms with Crippen LogP contribution in [0.3, 0.4) is 0 Å². The van der Waals surface area contributed by atoms with E-state index in [0.717, 1.165) is 10.5 Å². The molecule has 0 spiro atoms. The van der Waals surface area contributed by atoms with E-state index in [0.29, 0.717) is 28.4 Å². The van der Waals surface area contributed by atoms with E-state index in [1.165, 1.54) is 23.9 Å². The van der Waals surface area contributed by atoms with Gasteiger partial charge in [0.15, 0.2) is 5.78 Å². The Labute approximate surface area is 138 Å². The summed E-state index contributed by atoms with van der Waals surface area (Å²) in [5.41, 5.74) is 1.86. The van der Waals surface area contributed by atoms with E-state index in [1.807, 2.05) is 12.1 Å². The molecule has 0 atom stereocenters. The zero-order valence-electron chi connectivity index (χ0n) is 12.8. The predicted octanol–water partition coefficient (Wildman–Crippen LogP) is 4.21. The lowest BCUT2D eigenvalue weighted by molar-refractivity contribution is 0.103. The van der Waals surface area contributed by atoms with Gasteiger partial charge in [-0.1, -0.05) is 0 Å². The zero-order chi connectivity index (χ0) is 16.4. The molecule has 2 aromatic rings. The molecule has 0 saturated carbocycles. The Balaban J connectivity index is 1.99. The number of methoxy groups -OCH3 is 2. The van der Waals surface area contributed by atoms with Crippen LogP contribution in [0.25, 0.3) is 6.08 Å². The van der Waals surface area contributed by atoms with Crippen LogP contribution in [-0.4, -0.2) is 25.8 Å². The molecule has 1 aliphatic heterocycles. The van der Waals surface area contributed by atoms with E-state index in [1.54, 1.807) is 32.4 Å². The predicted molar refractivity (Wildman–Crippen MR) is 89.0 cm³/mol. The van der Waals surface area contributed by atoms with Crippen molar-refractivity contribution >= 4 is 23.6 Å². The maximum absolute atomic E-state index is 13.4. The molecule has 0 saturated heterocycles. The highest BCUT2D eigenvalue weighted by Gasteiger charge is 2.23. The van der Waals surface area contributed by atoms with Gasteiger partial charge in [0.25, 0.3) is 0 Å². The molecule has 3 rings (SSSR count). The summed E-state index contributed by atoms with van der Waals surface area (Å²) in [6, 6.07) is 9.75. The second kappa shape index (κ2) is 6.46. The van der Waals surface area contributed by atoms with E-state index in [9.17, 15) is 9.18 Å². The van der Waals surface area contributed by atoms with Crippen LogP contribution in [0.2, 0.25) is 0 Å². The van der Waals surface area contributed by atoms with Crippen LogP contribution in [-0.2, 0) is 0 Å². The second-order valence-corrected chi connectivity index (χ2v) is 6.09. The number of fused-ring (bicyclic) bond motifs is 1. The number of benzene rings is 2. The van der Waals surface area contributed by atoms with Crippen molar-refractivity contribution in [2.75, 3.05) is 20.0 Å². The van der Waals surface area contributed by atoms with E-state index in [2.05, 4.69) is 0 Å². The average molecular weight is 330 g/mol. The van der Waals surface area contributed by atoms with Gasteiger partial charge in [-0.3, -0.25) is 4.79 Å². The van der Waals surface area contributed by atoms with Crippen LogP contribution in [0.1, 0.15) is 15.9 Å². The van der Waals surface area contributed by atoms with E-state index < -0.39 is 5.82 Å². The lowest BCUT2D eigenvalue weighted by Crippen LogP contribution is -2.12. The molecule has 23 heavy (non-hydrogen) atoms. The highest BCUT2D eigenvalue weighted by molar-refractivity contribution is 7.99. The van der Waals surface area contributed by atoms with Crippen molar-refractivity contribution in [3.63, 3.8) is 0 Å². The maximum Gasteiger partial charge on any atom is 0.191 e. The summed E-state index contributed by atoms with van der Waals surface area (Å²) in [6.45, 7) is 0. The zero-order valence-corrected chi connectivity index (χ0v) is 13.6. The largest absolute Gasteiger partial charge is 0.497 e. The number of halogens is 1. The summed E-state index contributed by atoms with van der Waals surface area (Å²) in [5, 5.41) is 0. The third-order valence-corrected chi connectivity index (χ3v) is 4.70. The molecule has 0 N–H and O–H groups in total. The van der Waals surface area contributed by atoms with Crippen LogP contribution in [0.5, 0.6) is 11.5 Å². The molecular weight excluding hydrogens is 315 g/mol. The molecule has 0 unspecified atom stereocenters. The van der Waals surface area contributed by atoms with Gasteiger partial charge in [-0.2, -0.15) is 0 Å². The summed E-state index contributed by atoms with van der Waals surface area (Å²) in [5.74, 6) is 1.32. The van der Waals surface area contributed by atoms with Gasteiger partial charge in [0.1, 0.15) is 17.3 Å². The van der Waals surface area contributed by atoms with Gasteiger partial charge < -0.3 is 9.47 Å². The minimum Gasteiger partial charge on any atom is -0.497 e. The van der Waals surface area contributed by atoms with E-state index in [-0.39, 0.29) is 5.78 Å². The lowest BCUT2D eigenvalue weighted by Gasteiger charge is -2.17. The van der Waals surface area contributed by atoms with Crippen LogP contribution >= 0.6 is 11.8 Å². The van der Waals surface area contributed by atoms with Crippen molar-refractivity contribution in [2.24, 2.45) is 0 Å². The first-order valence-electron chi connectivity index (χ1n) is 7.01. The number of ketones is 1. The van der Waals surface area contributed by atoms with Crippen LogP contribution < -0.4 is 9.47 Å². The molecule has 0 bridgehead atoms. The Kier molecular flexibility index (Phi) is 4.39. The number of rotatable bonds is 3. The third kappa shape index (κ3) is 3.24. The van der Waals surface area contributed by atoms with Crippen molar-refractivity contribution < 1.29 is 18.7 Å². The van der Waals surface area contributed by atoms with Crippen LogP contribution in [0.4, 0.5) is 4.39 Å². The molecule has 2 aromatic carbocycles. The van der Waals surface area contributed by atoms with Crippen molar-refractivity contribution in [3.05, 3.63) is 58.9 Å². The Morgan fingerprint density at radius 2 is 1.78 bits per heavy atom. The number of carbonyl (C=O) groups excluding carboxylic acids is 1. The molecule has 0 amide bonds. The third-order valence-electron chi connectivity index (χ3n) is 3.58. The quantitative estimate of drug-likeness (QED) is 0.790. The summed E-state index contributed by atoms with van der Waals surface area (Å²) >= 11 is 1.53. The summed E-state index contributed by atoms with van der Waals surface area (Å²) in [7, 11) is 3.15. The number of hydrogen-bond donors (Lipinski definition) is 0. The Morgan fingerprint density at radius 1 is 1.09 bits per heavy atom. The monoisotopic (exact) mass is 330 g/mol. The summed E-state index contributed by atoms with van der Waals surface area (Å²) in [6.07, 6.45) is 1.80. The topological polar surface area (TPSA) is 35.5 Å². The Hall–Kier alpha value is -2.27. The smallest absolute Gasteiger partial charge is 0.191 e. The van der Waals surface area contributed by atoms with Gasteiger partial charge in [-0.15, -0.1) is 11.8 Å². The maximum atomic E-state index is 13.4. The summed E-state index contributed by atoms with van der Waals surface area (Å²) in [4.78, 5) is 13.4. The molecule has 0 radical (unpaired) electrons. The molecule has 1 heterocycles. The first-order valence-corrected chi connectivity index (χ1v) is 8.00. The van der Waals surface area contributed by atoms with Crippen LogP contribution in [0.15, 0.2) is 46.9 Å². The molecule has 5 heteroatoms. The first-order chi connectivity index (χ1) is 11.1. The number of Topliss-reactive ketones (excluding diaryl/α,β-unsaturated/α-hetero) is 1. The van der Waals surface area contributed by atoms with Gasteiger partial charge >= 0.3 is 0 Å². The van der Waals surface area contributed by atoms with Gasteiger partial charge in [-0.05, 0) is 42.0 Å². The lowest BCUT2D eigenvalue weighted by atomic mass is 10.0. The minimum absolute atomic E-state index is 0.139. The normalized spacial score (nSPS) is 15.4. The fourth-order valence-electron chi connectivity index (χ4n) is 2.42. The van der Waals surface area contributed by atoms with E-state index in [4.69, 9.17) is 9.47 Å². The van der Waals surface area contributed by atoms with Gasteiger partial charge in [-0.25, -0.2) is 4.39 Å². The molecule has 3 nitrogen and oxygen atoms in total. The van der Waals surface area contributed by atoms with Crippen molar-refractivity contribution in [3.8, 4) is 11.5 Å². The van der Waals surface area contributed by atoms with Crippen molar-refractivity contribution in [1.82, 2.24) is 0 Å². The number of hydrogen-bond acceptors (Lipinski definition) is 4. The molecular formula is C18H15FO3S. The van der Waals surface area contributed by atoms with Crippen LogP contribution in [0, 0.1) is 5.82 Å². The molecule has 1 aliphatic rings. The minimum atomic E-state index is -0.401. The fraction of sp³-hybridized carbons (Fsp3) is 0.167. The second-order valence-electron chi connectivity index (χ2n) is 5.07. The molecule has 0 fully saturated rings. The Bertz CT molecular complexity index is 777. The molecule has 0 aromatic heterocycles. The summed E-state index contributed by atoms with van der Waals surface area (Å²) < 4.78 is 23.9. The van der Waals surface area contributed by atoms with E-state index >= 15 is 0 Å². The number of ether oxygens (including phenoxy) is 2.